The largest absolute Gasteiger partial charge is 0.399 e. The number of hydrogen-bond donors (Lipinski definition) is 1. The quantitative estimate of drug-likeness (QED) is 0.746. The molecule has 1 unspecified atom stereocenters. The minimum absolute atomic E-state index is 0.196. The molecule has 1 aromatic carbocycles. The molecule has 1 aliphatic rings. The van der Waals surface area contributed by atoms with Gasteiger partial charge in [-0.15, -0.1) is 0 Å². The summed E-state index contributed by atoms with van der Waals surface area (Å²) < 4.78 is 27.1. The molecule has 0 aromatic heterocycles. The average molecular weight is 226 g/mol. The van der Waals surface area contributed by atoms with Crippen LogP contribution in [0.25, 0.3) is 0 Å². The third-order valence-electron chi connectivity index (χ3n) is 3.21. The fraction of sp³-hybridized carbons (Fsp3) is 0.500. The van der Waals surface area contributed by atoms with E-state index < -0.39 is 11.8 Å². The Balaban J connectivity index is 2.14. The minimum atomic E-state index is -2.60. The maximum Gasteiger partial charge on any atom is 0.267 e. The van der Waals surface area contributed by atoms with Crippen LogP contribution < -0.4 is 10.6 Å². The number of nitrogen functional groups attached to an aromatic ring is 1. The first-order valence-corrected chi connectivity index (χ1v) is 5.47. The number of halogens is 2. The van der Waals surface area contributed by atoms with E-state index in [1.807, 2.05) is 0 Å². The van der Waals surface area contributed by atoms with E-state index in [-0.39, 0.29) is 6.54 Å². The summed E-state index contributed by atoms with van der Waals surface area (Å²) in [6, 6.07) is 7.07. The maximum atomic E-state index is 13.5. The van der Waals surface area contributed by atoms with E-state index in [0.717, 1.165) is 5.69 Å². The van der Waals surface area contributed by atoms with Gasteiger partial charge < -0.3 is 10.6 Å². The molecule has 2 N–H and O–H groups in total. The van der Waals surface area contributed by atoms with Crippen molar-refractivity contribution in [2.24, 2.45) is 5.92 Å². The fourth-order valence-corrected chi connectivity index (χ4v) is 1.96. The van der Waals surface area contributed by atoms with Gasteiger partial charge >= 0.3 is 0 Å². The van der Waals surface area contributed by atoms with Gasteiger partial charge in [-0.05, 0) is 30.7 Å². The highest BCUT2D eigenvalue weighted by atomic mass is 19.3. The van der Waals surface area contributed by atoms with Crippen LogP contribution in [0.3, 0.4) is 0 Å². The number of piperidine rings is 1. The van der Waals surface area contributed by atoms with Gasteiger partial charge in [0.05, 0.1) is 6.54 Å². The average Bonchev–Trinajstić information content (AvgIpc) is 2.23. The van der Waals surface area contributed by atoms with Crippen molar-refractivity contribution in [1.29, 1.82) is 0 Å². The van der Waals surface area contributed by atoms with Gasteiger partial charge in [0, 0.05) is 23.8 Å². The predicted molar refractivity (Wildman–Crippen MR) is 61.8 cm³/mol. The smallest absolute Gasteiger partial charge is 0.267 e. The highest BCUT2D eigenvalue weighted by molar-refractivity contribution is 5.53. The molecule has 1 atom stereocenters. The summed E-state index contributed by atoms with van der Waals surface area (Å²) in [7, 11) is 0. The number of alkyl halides is 2. The lowest BCUT2D eigenvalue weighted by atomic mass is 9.94. The second kappa shape index (κ2) is 3.92. The molecular weight excluding hydrogens is 210 g/mol. The van der Waals surface area contributed by atoms with Crippen LogP contribution in [0.1, 0.15) is 13.3 Å². The van der Waals surface area contributed by atoms with E-state index in [1.54, 1.807) is 36.1 Å². The van der Waals surface area contributed by atoms with Crippen molar-refractivity contribution in [3.63, 3.8) is 0 Å². The molecule has 0 amide bonds. The number of rotatable bonds is 1. The standard InChI is InChI=1S/C12H16F2N2/c1-9-6-7-16(8-12(9,13)14)11-4-2-10(15)3-5-11/h2-5,9H,6-8,15H2,1H3. The van der Waals surface area contributed by atoms with Gasteiger partial charge in [-0.2, -0.15) is 0 Å². The normalized spacial score (nSPS) is 24.4. The molecular formula is C12H16F2N2. The molecule has 88 valence electrons. The monoisotopic (exact) mass is 226 g/mol. The van der Waals surface area contributed by atoms with E-state index in [9.17, 15) is 8.78 Å². The number of anilines is 2. The number of nitrogens with zero attached hydrogens (tertiary/aromatic N) is 1. The molecule has 0 bridgehead atoms. The second-order valence-electron chi connectivity index (χ2n) is 4.46. The molecule has 0 saturated carbocycles. The third kappa shape index (κ3) is 2.10. The lowest BCUT2D eigenvalue weighted by Crippen LogP contribution is -2.47. The lowest BCUT2D eigenvalue weighted by Gasteiger charge is -2.38. The number of hydrogen-bond acceptors (Lipinski definition) is 2. The molecule has 16 heavy (non-hydrogen) atoms. The summed E-state index contributed by atoms with van der Waals surface area (Å²) in [4.78, 5) is 1.72. The van der Waals surface area contributed by atoms with E-state index in [0.29, 0.717) is 18.7 Å². The Kier molecular flexibility index (Phi) is 2.74. The summed E-state index contributed by atoms with van der Waals surface area (Å²) in [5.41, 5.74) is 7.04. The van der Waals surface area contributed by atoms with E-state index in [1.165, 1.54) is 0 Å². The molecule has 2 nitrogen and oxygen atoms in total. The highest BCUT2D eigenvalue weighted by Gasteiger charge is 2.41. The van der Waals surface area contributed by atoms with Crippen LogP contribution in [0.5, 0.6) is 0 Å². The molecule has 2 rings (SSSR count). The van der Waals surface area contributed by atoms with Gasteiger partial charge in [-0.1, -0.05) is 6.92 Å². The summed E-state index contributed by atoms with van der Waals surface area (Å²) in [5.74, 6) is -3.13. The molecule has 1 fully saturated rings. The van der Waals surface area contributed by atoms with Gasteiger partial charge in [0.15, 0.2) is 0 Å². The Labute approximate surface area is 94.0 Å². The Bertz CT molecular complexity index is 362. The Hall–Kier alpha value is -1.32. The molecule has 4 heteroatoms. The van der Waals surface area contributed by atoms with Crippen LogP contribution in [0.4, 0.5) is 20.2 Å². The van der Waals surface area contributed by atoms with Gasteiger partial charge in [0.1, 0.15) is 0 Å². The first-order chi connectivity index (χ1) is 7.49. The van der Waals surface area contributed by atoms with Crippen molar-refractivity contribution in [2.45, 2.75) is 19.3 Å². The zero-order valence-corrected chi connectivity index (χ0v) is 9.29. The van der Waals surface area contributed by atoms with Crippen molar-refractivity contribution in [1.82, 2.24) is 0 Å². The van der Waals surface area contributed by atoms with Crippen LogP contribution in [0.2, 0.25) is 0 Å². The van der Waals surface area contributed by atoms with Gasteiger partial charge in [0.25, 0.3) is 5.92 Å². The summed E-state index contributed by atoms with van der Waals surface area (Å²) in [6.45, 7) is 2.10. The molecule has 1 saturated heterocycles. The van der Waals surface area contributed by atoms with Crippen molar-refractivity contribution in [2.75, 3.05) is 23.7 Å². The summed E-state index contributed by atoms with van der Waals surface area (Å²) in [5, 5.41) is 0. The molecule has 1 aromatic rings. The van der Waals surface area contributed by atoms with Gasteiger partial charge in [0.2, 0.25) is 0 Å². The van der Waals surface area contributed by atoms with Crippen LogP contribution in [0.15, 0.2) is 24.3 Å². The summed E-state index contributed by atoms with van der Waals surface area (Å²) in [6.07, 6.45) is 0.525. The zero-order valence-electron chi connectivity index (χ0n) is 9.29. The molecule has 0 radical (unpaired) electrons. The Morgan fingerprint density at radius 3 is 2.50 bits per heavy atom. The van der Waals surface area contributed by atoms with E-state index in [2.05, 4.69) is 0 Å². The third-order valence-corrected chi connectivity index (χ3v) is 3.21. The first kappa shape index (κ1) is 11.2. The Morgan fingerprint density at radius 2 is 1.94 bits per heavy atom. The minimum Gasteiger partial charge on any atom is -0.399 e. The SMILES string of the molecule is CC1CCN(c2ccc(N)cc2)CC1(F)F. The van der Waals surface area contributed by atoms with Crippen LogP contribution in [-0.4, -0.2) is 19.0 Å². The van der Waals surface area contributed by atoms with Crippen molar-refractivity contribution in [3.05, 3.63) is 24.3 Å². The van der Waals surface area contributed by atoms with E-state index >= 15 is 0 Å². The maximum absolute atomic E-state index is 13.5. The van der Waals surface area contributed by atoms with Crippen LogP contribution >= 0.6 is 0 Å². The van der Waals surface area contributed by atoms with Crippen LogP contribution in [-0.2, 0) is 0 Å². The second-order valence-corrected chi connectivity index (χ2v) is 4.46. The molecule has 0 spiro atoms. The summed E-state index contributed by atoms with van der Waals surface area (Å²) >= 11 is 0. The van der Waals surface area contributed by atoms with E-state index in [4.69, 9.17) is 5.73 Å². The predicted octanol–water partition coefficient (Wildman–Crippen LogP) is 2.75. The lowest BCUT2D eigenvalue weighted by molar-refractivity contribution is -0.0572. The Morgan fingerprint density at radius 1 is 1.31 bits per heavy atom. The van der Waals surface area contributed by atoms with Crippen LogP contribution in [0, 0.1) is 5.92 Å². The van der Waals surface area contributed by atoms with Crippen molar-refractivity contribution in [3.8, 4) is 0 Å². The fourth-order valence-electron chi connectivity index (χ4n) is 1.96. The van der Waals surface area contributed by atoms with Crippen molar-refractivity contribution < 1.29 is 8.78 Å². The van der Waals surface area contributed by atoms with Gasteiger partial charge in [-0.3, -0.25) is 0 Å². The molecule has 1 aliphatic heterocycles. The number of benzene rings is 1. The molecule has 1 heterocycles. The van der Waals surface area contributed by atoms with Gasteiger partial charge in [-0.25, -0.2) is 8.78 Å². The zero-order chi connectivity index (χ0) is 11.8. The molecule has 0 aliphatic carbocycles. The van der Waals surface area contributed by atoms with Crippen molar-refractivity contribution >= 4 is 11.4 Å². The number of nitrogens with two attached hydrogens (primary N) is 1. The topological polar surface area (TPSA) is 29.3 Å². The highest BCUT2D eigenvalue weighted by Crippen LogP contribution is 2.34. The first-order valence-electron chi connectivity index (χ1n) is 5.47.